The molecule has 1 heterocycles. The molecule has 0 fully saturated rings. The summed E-state index contributed by atoms with van der Waals surface area (Å²) in [6.45, 7) is 0.190. The molecule has 3 nitrogen and oxygen atoms in total. The van der Waals surface area contributed by atoms with Gasteiger partial charge in [-0.05, 0) is 48.7 Å². The summed E-state index contributed by atoms with van der Waals surface area (Å²) in [5, 5.41) is 3.45. The lowest BCUT2D eigenvalue weighted by Gasteiger charge is -2.18. The van der Waals surface area contributed by atoms with E-state index in [2.05, 4.69) is 17.0 Å². The lowest BCUT2D eigenvalue weighted by Crippen LogP contribution is -2.24. The molecule has 0 saturated heterocycles. The van der Waals surface area contributed by atoms with Gasteiger partial charge in [-0.2, -0.15) is 8.78 Å². The van der Waals surface area contributed by atoms with Gasteiger partial charge in [-0.25, -0.2) is 0 Å². The molecule has 0 bridgehead atoms. The second-order valence-electron chi connectivity index (χ2n) is 4.79. The average Bonchev–Trinajstić information content (AvgIpc) is 2.97. The Morgan fingerprint density at radius 1 is 1.19 bits per heavy atom. The van der Waals surface area contributed by atoms with Gasteiger partial charge in [0.15, 0.2) is 0 Å². The number of furan rings is 1. The lowest BCUT2D eigenvalue weighted by molar-refractivity contribution is -0.0498. The highest BCUT2D eigenvalue weighted by atomic mass is 19.3. The van der Waals surface area contributed by atoms with Crippen molar-refractivity contribution in [1.29, 1.82) is 0 Å². The van der Waals surface area contributed by atoms with Gasteiger partial charge in [-0.1, -0.05) is 19.1 Å². The smallest absolute Gasteiger partial charge is 0.387 e. The van der Waals surface area contributed by atoms with Crippen LogP contribution >= 0.6 is 0 Å². The first-order valence-electron chi connectivity index (χ1n) is 6.98. The van der Waals surface area contributed by atoms with Gasteiger partial charge in [0.05, 0.1) is 12.5 Å². The quantitative estimate of drug-likeness (QED) is 0.794. The Hall–Kier alpha value is -1.88. The van der Waals surface area contributed by atoms with Crippen LogP contribution < -0.4 is 10.1 Å². The van der Waals surface area contributed by atoms with Gasteiger partial charge in [-0.3, -0.25) is 0 Å². The zero-order chi connectivity index (χ0) is 15.1. The molecule has 21 heavy (non-hydrogen) atoms. The molecule has 114 valence electrons. The van der Waals surface area contributed by atoms with Crippen LogP contribution in [-0.2, 0) is 6.42 Å². The van der Waals surface area contributed by atoms with E-state index in [1.165, 1.54) is 0 Å². The molecule has 1 aromatic heterocycles. The maximum atomic E-state index is 12.2. The van der Waals surface area contributed by atoms with Crippen molar-refractivity contribution in [3.8, 4) is 5.75 Å². The summed E-state index contributed by atoms with van der Waals surface area (Å²) in [5.41, 5.74) is 2.13. The highest BCUT2D eigenvalue weighted by Crippen LogP contribution is 2.22. The zero-order valence-corrected chi connectivity index (χ0v) is 11.9. The number of ether oxygens (including phenoxy) is 1. The van der Waals surface area contributed by atoms with Crippen molar-refractivity contribution in [3.63, 3.8) is 0 Å². The largest absolute Gasteiger partial charge is 0.472 e. The van der Waals surface area contributed by atoms with E-state index < -0.39 is 6.61 Å². The molecule has 1 atom stereocenters. The van der Waals surface area contributed by atoms with Gasteiger partial charge in [0.1, 0.15) is 5.75 Å². The minimum absolute atomic E-state index is 0.114. The van der Waals surface area contributed by atoms with Crippen molar-refractivity contribution < 1.29 is 17.9 Å². The third-order valence-corrected chi connectivity index (χ3v) is 3.17. The average molecular weight is 295 g/mol. The zero-order valence-electron chi connectivity index (χ0n) is 11.9. The van der Waals surface area contributed by atoms with E-state index in [4.69, 9.17) is 4.42 Å². The van der Waals surface area contributed by atoms with Crippen LogP contribution in [0.3, 0.4) is 0 Å². The predicted molar refractivity (Wildman–Crippen MR) is 76.5 cm³/mol. The molecular formula is C16H19F2NO2. The Balaban J connectivity index is 2.08. The molecule has 1 unspecified atom stereocenters. The first-order valence-corrected chi connectivity index (χ1v) is 6.98. The monoisotopic (exact) mass is 295 g/mol. The summed E-state index contributed by atoms with van der Waals surface area (Å²) in [6, 6.07) is 8.79. The second-order valence-corrected chi connectivity index (χ2v) is 4.79. The van der Waals surface area contributed by atoms with E-state index >= 15 is 0 Å². The fourth-order valence-electron chi connectivity index (χ4n) is 2.15. The van der Waals surface area contributed by atoms with Crippen LogP contribution in [0.4, 0.5) is 8.78 Å². The van der Waals surface area contributed by atoms with Gasteiger partial charge in [-0.15, -0.1) is 0 Å². The molecule has 0 radical (unpaired) electrons. The summed E-state index contributed by atoms with van der Waals surface area (Å²) in [6.07, 6.45) is 5.17. The van der Waals surface area contributed by atoms with Gasteiger partial charge >= 0.3 is 6.61 Å². The van der Waals surface area contributed by atoms with Crippen molar-refractivity contribution in [2.75, 3.05) is 6.54 Å². The molecule has 0 aliphatic rings. The minimum Gasteiger partial charge on any atom is -0.472 e. The molecule has 2 rings (SSSR count). The number of hydrogen-bond donors (Lipinski definition) is 1. The molecule has 2 aromatic rings. The fourth-order valence-corrected chi connectivity index (χ4v) is 2.15. The van der Waals surface area contributed by atoms with Crippen molar-refractivity contribution in [1.82, 2.24) is 5.32 Å². The van der Waals surface area contributed by atoms with Crippen LogP contribution in [0.1, 0.15) is 30.5 Å². The van der Waals surface area contributed by atoms with E-state index in [0.717, 1.165) is 30.5 Å². The van der Waals surface area contributed by atoms with Crippen LogP contribution in [-0.4, -0.2) is 13.2 Å². The van der Waals surface area contributed by atoms with Crippen molar-refractivity contribution in [2.24, 2.45) is 0 Å². The fraction of sp³-hybridized carbons (Fsp3) is 0.375. The van der Waals surface area contributed by atoms with Crippen molar-refractivity contribution >= 4 is 0 Å². The summed E-state index contributed by atoms with van der Waals surface area (Å²) in [4.78, 5) is 0. The third-order valence-electron chi connectivity index (χ3n) is 3.17. The standard InChI is InChI=1S/C16H19F2NO2/c1-2-8-19-15(10-12-7-9-20-11-12)13-3-5-14(6-4-13)21-16(17)18/h3-7,9,11,15-16,19H,2,8,10H2,1H3. The number of halogens is 2. The molecule has 0 amide bonds. The first kappa shape index (κ1) is 15.5. The van der Waals surface area contributed by atoms with Crippen LogP contribution in [0.15, 0.2) is 47.3 Å². The molecule has 0 spiro atoms. The summed E-state index contributed by atoms with van der Waals surface area (Å²) in [5.74, 6) is 0.173. The van der Waals surface area contributed by atoms with E-state index in [-0.39, 0.29) is 11.8 Å². The number of hydrogen-bond acceptors (Lipinski definition) is 3. The molecule has 0 saturated carbocycles. The van der Waals surface area contributed by atoms with Gasteiger partial charge in [0.25, 0.3) is 0 Å². The Labute approximate surface area is 122 Å². The highest BCUT2D eigenvalue weighted by molar-refractivity contribution is 5.30. The van der Waals surface area contributed by atoms with Crippen molar-refractivity contribution in [3.05, 3.63) is 54.0 Å². The molecule has 1 N–H and O–H groups in total. The third kappa shape index (κ3) is 4.86. The molecule has 0 aliphatic carbocycles. The number of alkyl halides is 2. The normalized spacial score (nSPS) is 12.6. The molecule has 0 aliphatic heterocycles. The highest BCUT2D eigenvalue weighted by Gasteiger charge is 2.13. The number of rotatable bonds is 8. The molecule has 5 heteroatoms. The predicted octanol–water partition coefficient (Wildman–Crippen LogP) is 4.16. The summed E-state index contributed by atoms with van der Waals surface area (Å²) >= 11 is 0. The van der Waals surface area contributed by atoms with Gasteiger partial charge < -0.3 is 14.5 Å². The summed E-state index contributed by atoms with van der Waals surface area (Å²) < 4.78 is 33.8. The Bertz CT molecular complexity index is 512. The number of nitrogens with one attached hydrogen (secondary N) is 1. The van der Waals surface area contributed by atoms with Gasteiger partial charge in [0.2, 0.25) is 0 Å². The minimum atomic E-state index is -2.80. The summed E-state index contributed by atoms with van der Waals surface area (Å²) in [7, 11) is 0. The van der Waals surface area contributed by atoms with E-state index in [1.54, 1.807) is 24.7 Å². The van der Waals surface area contributed by atoms with E-state index in [9.17, 15) is 8.78 Å². The van der Waals surface area contributed by atoms with E-state index in [1.807, 2.05) is 18.2 Å². The van der Waals surface area contributed by atoms with E-state index in [0.29, 0.717) is 0 Å². The van der Waals surface area contributed by atoms with Crippen LogP contribution in [0, 0.1) is 0 Å². The van der Waals surface area contributed by atoms with Crippen molar-refractivity contribution in [2.45, 2.75) is 32.4 Å². The maximum Gasteiger partial charge on any atom is 0.387 e. The van der Waals surface area contributed by atoms with Gasteiger partial charge in [0, 0.05) is 6.04 Å². The van der Waals surface area contributed by atoms with Crippen LogP contribution in [0.25, 0.3) is 0 Å². The van der Waals surface area contributed by atoms with Crippen LogP contribution in [0.2, 0.25) is 0 Å². The van der Waals surface area contributed by atoms with Crippen LogP contribution in [0.5, 0.6) is 5.75 Å². The molecule has 1 aromatic carbocycles. The first-order chi connectivity index (χ1) is 10.2. The number of benzene rings is 1. The Kier molecular flexibility index (Phi) is 5.75. The lowest BCUT2D eigenvalue weighted by atomic mass is 10.00. The topological polar surface area (TPSA) is 34.4 Å². The Morgan fingerprint density at radius 3 is 2.52 bits per heavy atom. The maximum absolute atomic E-state index is 12.2. The SMILES string of the molecule is CCCNC(Cc1ccoc1)c1ccc(OC(F)F)cc1. The molecular weight excluding hydrogens is 276 g/mol. The second kappa shape index (κ2) is 7.78. The Morgan fingerprint density at radius 2 is 1.95 bits per heavy atom.